The van der Waals surface area contributed by atoms with Crippen LogP contribution in [0.3, 0.4) is 0 Å². The maximum Gasteiger partial charge on any atom is 0.240 e. The molecule has 5 nitrogen and oxygen atoms in total. The lowest BCUT2D eigenvalue weighted by Crippen LogP contribution is -2.52. The lowest BCUT2D eigenvalue weighted by molar-refractivity contribution is -0.140. The summed E-state index contributed by atoms with van der Waals surface area (Å²) in [6.45, 7) is 1.01. The van der Waals surface area contributed by atoms with Crippen LogP contribution in [0.5, 0.6) is 0 Å². The zero-order valence-corrected chi connectivity index (χ0v) is 9.45. The molecule has 3 N–H and O–H groups in total. The molecule has 1 unspecified atom stereocenters. The third-order valence-electron chi connectivity index (χ3n) is 3.27. The summed E-state index contributed by atoms with van der Waals surface area (Å²) in [5.41, 5.74) is 5.31. The molecule has 2 rings (SSSR count). The maximum absolute atomic E-state index is 11.9. The fraction of sp³-hybridized carbons (Fsp3) is 0.818. The predicted octanol–water partition coefficient (Wildman–Crippen LogP) is -0.395. The van der Waals surface area contributed by atoms with Crippen LogP contribution in [-0.2, 0) is 9.59 Å². The number of nitrogens with zero attached hydrogens (tertiary/aromatic N) is 1. The van der Waals surface area contributed by atoms with Crippen molar-refractivity contribution in [3.63, 3.8) is 0 Å². The summed E-state index contributed by atoms with van der Waals surface area (Å²) < 4.78 is 0. The summed E-state index contributed by atoms with van der Waals surface area (Å²) in [5.74, 6) is -0.366. The van der Waals surface area contributed by atoms with Gasteiger partial charge in [-0.3, -0.25) is 9.59 Å². The first-order valence-corrected chi connectivity index (χ1v) is 6.00. The molecule has 2 aliphatic rings. The van der Waals surface area contributed by atoms with Gasteiger partial charge in [0.2, 0.25) is 11.8 Å². The first kappa shape index (κ1) is 11.4. The summed E-state index contributed by atoms with van der Waals surface area (Å²) in [7, 11) is 0. The van der Waals surface area contributed by atoms with Crippen LogP contribution in [0, 0.1) is 0 Å². The Balaban J connectivity index is 1.87. The van der Waals surface area contributed by atoms with E-state index < -0.39 is 0 Å². The smallest absolute Gasteiger partial charge is 0.240 e. The van der Waals surface area contributed by atoms with Crippen molar-refractivity contribution < 1.29 is 9.59 Å². The number of primary amides is 1. The highest BCUT2D eigenvalue weighted by molar-refractivity contribution is 5.87. The average molecular weight is 225 g/mol. The molecule has 1 saturated carbocycles. The number of nitrogens with one attached hydrogen (secondary N) is 1. The second kappa shape index (κ2) is 4.82. The second-order valence-corrected chi connectivity index (χ2v) is 4.66. The molecule has 1 saturated heterocycles. The Morgan fingerprint density at radius 3 is 2.62 bits per heavy atom. The minimum absolute atomic E-state index is 0.00963. The number of carbonyl (C=O) groups is 2. The van der Waals surface area contributed by atoms with Crippen LogP contribution in [0.2, 0.25) is 0 Å². The number of carbonyl (C=O) groups excluding carboxylic acids is 2. The predicted molar refractivity (Wildman–Crippen MR) is 59.6 cm³/mol. The normalized spacial score (nSPS) is 25.5. The van der Waals surface area contributed by atoms with E-state index in [0.29, 0.717) is 25.6 Å². The Labute approximate surface area is 95.3 Å². The minimum atomic E-state index is -0.387. The van der Waals surface area contributed by atoms with Gasteiger partial charge in [-0.2, -0.15) is 0 Å². The van der Waals surface area contributed by atoms with Gasteiger partial charge in [-0.15, -0.1) is 0 Å². The summed E-state index contributed by atoms with van der Waals surface area (Å²) in [6.07, 6.45) is 4.98. The number of likely N-dealkylation sites (tertiary alicyclic amines) is 1. The van der Waals surface area contributed by atoms with E-state index in [4.69, 9.17) is 5.73 Å². The van der Waals surface area contributed by atoms with Crippen molar-refractivity contribution in [1.29, 1.82) is 0 Å². The zero-order chi connectivity index (χ0) is 11.5. The molecule has 2 amide bonds. The lowest BCUT2D eigenvalue weighted by atomic mass is 10.0. The minimum Gasteiger partial charge on any atom is -0.368 e. The van der Waals surface area contributed by atoms with Gasteiger partial charge in [0.25, 0.3) is 0 Å². The summed E-state index contributed by atoms with van der Waals surface area (Å²) in [4.78, 5) is 24.8. The quantitative estimate of drug-likeness (QED) is 0.684. The van der Waals surface area contributed by atoms with Gasteiger partial charge in [0.1, 0.15) is 6.04 Å². The van der Waals surface area contributed by atoms with E-state index in [9.17, 15) is 9.59 Å². The molecule has 1 atom stereocenters. The van der Waals surface area contributed by atoms with Crippen molar-refractivity contribution in [1.82, 2.24) is 10.2 Å². The van der Waals surface area contributed by atoms with E-state index in [-0.39, 0.29) is 17.9 Å². The van der Waals surface area contributed by atoms with Crippen molar-refractivity contribution in [3.05, 3.63) is 0 Å². The molecule has 0 spiro atoms. The van der Waals surface area contributed by atoms with Crippen molar-refractivity contribution in [2.24, 2.45) is 5.73 Å². The third kappa shape index (κ3) is 2.72. The molecule has 16 heavy (non-hydrogen) atoms. The van der Waals surface area contributed by atoms with Crippen LogP contribution >= 0.6 is 0 Å². The average Bonchev–Trinajstić information content (AvgIpc) is 3.09. The summed E-state index contributed by atoms with van der Waals surface area (Å²) >= 11 is 0. The van der Waals surface area contributed by atoms with E-state index in [1.165, 1.54) is 0 Å². The van der Waals surface area contributed by atoms with Gasteiger partial charge in [-0.05, 0) is 32.1 Å². The molecule has 1 aliphatic carbocycles. The van der Waals surface area contributed by atoms with Gasteiger partial charge < -0.3 is 16.0 Å². The van der Waals surface area contributed by atoms with Gasteiger partial charge in [-0.1, -0.05) is 0 Å². The van der Waals surface area contributed by atoms with Crippen LogP contribution in [0.4, 0.5) is 0 Å². The fourth-order valence-electron chi connectivity index (χ4n) is 2.15. The lowest BCUT2D eigenvalue weighted by Gasteiger charge is -2.33. The Hall–Kier alpha value is -1.10. The zero-order valence-electron chi connectivity index (χ0n) is 9.45. The third-order valence-corrected chi connectivity index (χ3v) is 3.27. The monoisotopic (exact) mass is 225 g/mol. The summed E-state index contributed by atoms with van der Waals surface area (Å²) in [6, 6.07) is 0.128. The van der Waals surface area contributed by atoms with Crippen molar-refractivity contribution in [2.75, 3.05) is 13.1 Å². The first-order chi connectivity index (χ1) is 7.68. The van der Waals surface area contributed by atoms with Crippen molar-refractivity contribution in [3.8, 4) is 0 Å². The molecule has 2 fully saturated rings. The number of hydrogen-bond acceptors (Lipinski definition) is 3. The maximum atomic E-state index is 11.9. The van der Waals surface area contributed by atoms with E-state index in [0.717, 1.165) is 25.7 Å². The molecule has 1 aliphatic heterocycles. The molecule has 0 radical (unpaired) electrons. The summed E-state index contributed by atoms with van der Waals surface area (Å²) in [5, 5.41) is 3.17. The first-order valence-electron chi connectivity index (χ1n) is 6.00. The van der Waals surface area contributed by atoms with Crippen molar-refractivity contribution in [2.45, 2.75) is 44.2 Å². The van der Waals surface area contributed by atoms with Crippen molar-refractivity contribution >= 4 is 11.8 Å². The van der Waals surface area contributed by atoms with Gasteiger partial charge in [0.15, 0.2) is 0 Å². The molecular formula is C11H19N3O2. The number of amides is 2. The standard InChI is InChI=1S/C11H19N3O2/c12-11(16)9-3-1-2-6-14(9)10(15)7-13-8-4-5-8/h8-9,13H,1-7H2,(H2,12,16). The van der Waals surface area contributed by atoms with Gasteiger partial charge >= 0.3 is 0 Å². The highest BCUT2D eigenvalue weighted by Crippen LogP contribution is 2.19. The van der Waals surface area contributed by atoms with E-state index in [1.807, 2.05) is 0 Å². The van der Waals surface area contributed by atoms with E-state index in [2.05, 4.69) is 5.32 Å². The number of rotatable bonds is 4. The van der Waals surface area contributed by atoms with Crippen LogP contribution in [-0.4, -0.2) is 41.9 Å². The van der Waals surface area contributed by atoms with Crippen LogP contribution < -0.4 is 11.1 Å². The molecule has 0 aromatic carbocycles. The molecular weight excluding hydrogens is 206 g/mol. The molecule has 0 aromatic heterocycles. The second-order valence-electron chi connectivity index (χ2n) is 4.66. The van der Waals surface area contributed by atoms with E-state index >= 15 is 0 Å². The molecule has 1 heterocycles. The molecule has 0 aromatic rings. The molecule has 90 valence electrons. The highest BCUT2D eigenvalue weighted by Gasteiger charge is 2.31. The largest absolute Gasteiger partial charge is 0.368 e. The fourth-order valence-corrected chi connectivity index (χ4v) is 2.15. The topological polar surface area (TPSA) is 75.4 Å². The van der Waals surface area contributed by atoms with Gasteiger partial charge in [-0.25, -0.2) is 0 Å². The number of piperidine rings is 1. The molecule has 0 bridgehead atoms. The molecule has 5 heteroatoms. The Morgan fingerprint density at radius 2 is 2.00 bits per heavy atom. The van der Waals surface area contributed by atoms with Crippen LogP contribution in [0.1, 0.15) is 32.1 Å². The Kier molecular flexibility index (Phi) is 3.43. The SMILES string of the molecule is NC(=O)C1CCCCN1C(=O)CNC1CC1. The number of hydrogen-bond donors (Lipinski definition) is 2. The van der Waals surface area contributed by atoms with Crippen LogP contribution in [0.25, 0.3) is 0 Å². The Morgan fingerprint density at radius 1 is 1.25 bits per heavy atom. The van der Waals surface area contributed by atoms with Gasteiger partial charge in [0.05, 0.1) is 6.54 Å². The van der Waals surface area contributed by atoms with E-state index in [1.54, 1.807) is 4.90 Å². The Bertz CT molecular complexity index is 289. The highest BCUT2D eigenvalue weighted by atomic mass is 16.2. The van der Waals surface area contributed by atoms with Crippen LogP contribution in [0.15, 0.2) is 0 Å². The van der Waals surface area contributed by atoms with Gasteiger partial charge in [0, 0.05) is 12.6 Å². The number of nitrogens with two attached hydrogens (primary N) is 1.